The Morgan fingerprint density at radius 3 is 2.67 bits per heavy atom. The fourth-order valence-corrected chi connectivity index (χ4v) is 1.98. The van der Waals surface area contributed by atoms with Gasteiger partial charge in [0.2, 0.25) is 5.91 Å². The van der Waals surface area contributed by atoms with Gasteiger partial charge in [0.05, 0.1) is 19.7 Å². The van der Waals surface area contributed by atoms with Gasteiger partial charge in [-0.25, -0.2) is 4.79 Å². The molecule has 2 amide bonds. The highest BCUT2D eigenvalue weighted by Gasteiger charge is 2.28. The van der Waals surface area contributed by atoms with Crippen LogP contribution in [-0.4, -0.2) is 60.1 Å². The third-order valence-electron chi connectivity index (χ3n) is 3.13. The van der Waals surface area contributed by atoms with E-state index in [1.165, 1.54) is 4.90 Å². The summed E-state index contributed by atoms with van der Waals surface area (Å²) in [4.78, 5) is 36.0. The number of carbonyl (C=O) groups is 3. The molecule has 112 valence electrons. The number of hydrogen-bond acceptors (Lipinski definition) is 4. The normalized spacial score (nSPS) is 18.1. The van der Waals surface area contributed by atoms with Crippen LogP contribution in [0.15, 0.2) is 30.3 Å². The number of amides is 2. The number of nitrogens with one attached hydrogen (secondary N) is 1. The molecule has 0 aliphatic carbocycles. The summed E-state index contributed by atoms with van der Waals surface area (Å²) in [5.74, 6) is -1.76. The maximum Gasteiger partial charge on any atom is 0.334 e. The number of morpholine rings is 1. The Bertz CT molecular complexity index is 531. The average Bonchev–Trinajstić information content (AvgIpc) is 2.53. The van der Waals surface area contributed by atoms with Gasteiger partial charge in [0, 0.05) is 12.1 Å². The van der Waals surface area contributed by atoms with Crippen LogP contribution in [0.2, 0.25) is 0 Å². The number of aliphatic carboxylic acids is 1. The first kappa shape index (κ1) is 15.0. The lowest BCUT2D eigenvalue weighted by Gasteiger charge is -2.30. The second-order valence-corrected chi connectivity index (χ2v) is 4.59. The van der Waals surface area contributed by atoms with Crippen molar-refractivity contribution in [2.24, 2.45) is 0 Å². The Morgan fingerprint density at radius 1 is 1.29 bits per heavy atom. The summed E-state index contributed by atoms with van der Waals surface area (Å²) >= 11 is 0. The molecule has 0 radical (unpaired) electrons. The number of hydrogen-bond donors (Lipinski definition) is 2. The molecule has 2 N–H and O–H groups in total. The van der Waals surface area contributed by atoms with Crippen molar-refractivity contribution in [1.29, 1.82) is 0 Å². The molecule has 1 unspecified atom stereocenters. The fourth-order valence-electron chi connectivity index (χ4n) is 1.98. The summed E-state index contributed by atoms with van der Waals surface area (Å²) in [7, 11) is 0. The minimum Gasteiger partial charge on any atom is -0.479 e. The Kier molecular flexibility index (Phi) is 4.89. The Balaban J connectivity index is 1.84. The summed E-state index contributed by atoms with van der Waals surface area (Å²) in [6, 6.07) is 8.55. The van der Waals surface area contributed by atoms with Crippen LogP contribution in [-0.2, 0) is 14.3 Å². The van der Waals surface area contributed by atoms with Gasteiger partial charge in [-0.05, 0) is 12.1 Å². The average molecular weight is 292 g/mol. The van der Waals surface area contributed by atoms with E-state index in [2.05, 4.69) is 5.32 Å². The molecule has 0 saturated carbocycles. The number of rotatable bonds is 4. The quantitative estimate of drug-likeness (QED) is 0.796. The van der Waals surface area contributed by atoms with Crippen LogP contribution in [0.4, 0.5) is 0 Å². The number of ether oxygens (including phenoxy) is 1. The van der Waals surface area contributed by atoms with Crippen LogP contribution in [0.25, 0.3) is 0 Å². The van der Waals surface area contributed by atoms with Crippen LogP contribution in [0.1, 0.15) is 10.4 Å². The van der Waals surface area contributed by atoms with E-state index >= 15 is 0 Å². The maximum absolute atomic E-state index is 12.0. The first-order valence-corrected chi connectivity index (χ1v) is 6.53. The first-order valence-electron chi connectivity index (χ1n) is 6.53. The molecular weight excluding hydrogens is 276 g/mol. The van der Waals surface area contributed by atoms with Crippen molar-refractivity contribution in [2.45, 2.75) is 6.10 Å². The largest absolute Gasteiger partial charge is 0.479 e. The molecule has 1 aromatic carbocycles. The lowest BCUT2D eigenvalue weighted by molar-refractivity contribution is -0.159. The molecule has 0 bridgehead atoms. The molecule has 7 heteroatoms. The van der Waals surface area contributed by atoms with Gasteiger partial charge in [-0.1, -0.05) is 18.2 Å². The minimum absolute atomic E-state index is 0.00459. The molecule has 1 aliphatic rings. The monoisotopic (exact) mass is 292 g/mol. The number of benzene rings is 1. The molecule has 1 aromatic rings. The molecule has 1 fully saturated rings. The highest BCUT2D eigenvalue weighted by Crippen LogP contribution is 2.05. The van der Waals surface area contributed by atoms with Crippen molar-refractivity contribution in [2.75, 3.05) is 26.2 Å². The zero-order valence-electron chi connectivity index (χ0n) is 11.3. The Morgan fingerprint density at radius 2 is 2.00 bits per heavy atom. The van der Waals surface area contributed by atoms with Gasteiger partial charge in [0.15, 0.2) is 6.10 Å². The number of nitrogens with zero attached hydrogens (tertiary/aromatic N) is 1. The smallest absolute Gasteiger partial charge is 0.334 e. The molecule has 1 aliphatic heterocycles. The highest BCUT2D eigenvalue weighted by molar-refractivity contribution is 5.96. The van der Waals surface area contributed by atoms with Crippen molar-refractivity contribution in [3.8, 4) is 0 Å². The van der Waals surface area contributed by atoms with E-state index < -0.39 is 12.1 Å². The van der Waals surface area contributed by atoms with E-state index in [1.54, 1.807) is 30.3 Å². The van der Waals surface area contributed by atoms with E-state index in [1.807, 2.05) is 0 Å². The lowest BCUT2D eigenvalue weighted by atomic mass is 10.2. The third-order valence-corrected chi connectivity index (χ3v) is 3.13. The molecule has 1 atom stereocenters. The van der Waals surface area contributed by atoms with Gasteiger partial charge in [-0.15, -0.1) is 0 Å². The van der Waals surface area contributed by atoms with E-state index in [0.717, 1.165) is 0 Å². The molecular formula is C14H16N2O5. The van der Waals surface area contributed by atoms with Gasteiger partial charge in [-0.2, -0.15) is 0 Å². The summed E-state index contributed by atoms with van der Waals surface area (Å²) in [6.45, 7) is 0.328. The first-order chi connectivity index (χ1) is 10.1. The molecule has 2 rings (SSSR count). The minimum atomic E-state index is -1.10. The standard InChI is InChI=1S/C14H16N2O5/c17-12(16-6-7-21-11(9-16)14(19)20)8-15-13(18)10-4-2-1-3-5-10/h1-5,11H,6-9H2,(H,15,18)(H,19,20). The topological polar surface area (TPSA) is 95.9 Å². The van der Waals surface area contributed by atoms with Crippen molar-refractivity contribution < 1.29 is 24.2 Å². The molecule has 0 spiro atoms. The molecule has 0 aromatic heterocycles. The predicted octanol–water partition coefficient (Wildman–Crippen LogP) is -0.272. The summed E-state index contributed by atoms with van der Waals surface area (Å²) in [5, 5.41) is 11.4. The van der Waals surface area contributed by atoms with Crippen LogP contribution in [0.5, 0.6) is 0 Å². The lowest BCUT2D eigenvalue weighted by Crippen LogP contribution is -2.51. The van der Waals surface area contributed by atoms with Crippen molar-refractivity contribution >= 4 is 17.8 Å². The van der Waals surface area contributed by atoms with Crippen molar-refractivity contribution in [1.82, 2.24) is 10.2 Å². The maximum atomic E-state index is 12.0. The summed E-state index contributed by atoms with van der Waals surface area (Å²) < 4.78 is 5.03. The SMILES string of the molecule is O=C(NCC(=O)N1CCOC(C(=O)O)C1)c1ccccc1. The highest BCUT2D eigenvalue weighted by atomic mass is 16.5. The number of carbonyl (C=O) groups excluding carboxylic acids is 2. The van der Waals surface area contributed by atoms with Gasteiger partial charge >= 0.3 is 5.97 Å². The number of carboxylic acid groups (broad SMARTS) is 1. The van der Waals surface area contributed by atoms with Crippen LogP contribution < -0.4 is 5.32 Å². The van der Waals surface area contributed by atoms with Crippen molar-refractivity contribution in [3.63, 3.8) is 0 Å². The molecule has 7 nitrogen and oxygen atoms in total. The zero-order chi connectivity index (χ0) is 15.2. The second kappa shape index (κ2) is 6.85. The number of carboxylic acids is 1. The van der Waals surface area contributed by atoms with Gasteiger partial charge < -0.3 is 20.1 Å². The van der Waals surface area contributed by atoms with E-state index in [4.69, 9.17) is 9.84 Å². The van der Waals surface area contributed by atoms with Gasteiger partial charge in [0.25, 0.3) is 5.91 Å². The van der Waals surface area contributed by atoms with Crippen LogP contribution in [0, 0.1) is 0 Å². The van der Waals surface area contributed by atoms with Gasteiger partial charge in [-0.3, -0.25) is 9.59 Å². The van der Waals surface area contributed by atoms with Crippen molar-refractivity contribution in [3.05, 3.63) is 35.9 Å². The van der Waals surface area contributed by atoms with E-state index in [0.29, 0.717) is 12.1 Å². The molecule has 21 heavy (non-hydrogen) atoms. The third kappa shape index (κ3) is 4.03. The Labute approximate surface area is 121 Å². The molecule has 1 saturated heterocycles. The Hall–Kier alpha value is -2.41. The van der Waals surface area contributed by atoms with E-state index in [-0.39, 0.29) is 31.5 Å². The van der Waals surface area contributed by atoms with Crippen LogP contribution >= 0.6 is 0 Å². The summed E-state index contributed by atoms with van der Waals surface area (Å²) in [6.07, 6.45) is -1.01. The van der Waals surface area contributed by atoms with Gasteiger partial charge in [0.1, 0.15) is 0 Å². The predicted molar refractivity (Wildman–Crippen MR) is 72.7 cm³/mol. The van der Waals surface area contributed by atoms with Crippen LogP contribution in [0.3, 0.4) is 0 Å². The van der Waals surface area contributed by atoms with E-state index in [9.17, 15) is 14.4 Å². The zero-order valence-corrected chi connectivity index (χ0v) is 11.3. The summed E-state index contributed by atoms with van der Waals surface area (Å²) in [5.41, 5.74) is 0.468. The fraction of sp³-hybridized carbons (Fsp3) is 0.357. The second-order valence-electron chi connectivity index (χ2n) is 4.59. The molecule has 1 heterocycles.